The fraction of sp³-hybridized carbons (Fsp3) is 0.333. The highest BCUT2D eigenvalue weighted by Crippen LogP contribution is 2.32. The molecule has 0 heterocycles. The lowest BCUT2D eigenvalue weighted by Crippen LogP contribution is -2.06. The van der Waals surface area contributed by atoms with Crippen LogP contribution in [0.2, 0.25) is 0 Å². The van der Waals surface area contributed by atoms with Gasteiger partial charge in [0.1, 0.15) is 0 Å². The maximum Gasteiger partial charge on any atom is 0.0175 e. The number of allylic oxidation sites excluding steroid dienone is 1. The van der Waals surface area contributed by atoms with Gasteiger partial charge in [-0.15, -0.1) is 0 Å². The summed E-state index contributed by atoms with van der Waals surface area (Å²) in [6, 6.07) is 8.29. The lowest BCUT2D eigenvalue weighted by Gasteiger charge is -2.22. The quantitative estimate of drug-likeness (QED) is 0.676. The van der Waals surface area contributed by atoms with Gasteiger partial charge in [0.25, 0.3) is 0 Å². The van der Waals surface area contributed by atoms with Gasteiger partial charge in [-0.25, -0.2) is 0 Å². The molecule has 0 fully saturated rings. The molecule has 0 saturated carbocycles. The Balaban J connectivity index is 2.97. The van der Waals surface area contributed by atoms with Crippen LogP contribution in [0.25, 0.3) is 5.57 Å². The van der Waals surface area contributed by atoms with Gasteiger partial charge in [0.2, 0.25) is 0 Å². The van der Waals surface area contributed by atoms with Crippen molar-refractivity contribution in [2.45, 2.75) is 20.8 Å². The zero-order valence-electron chi connectivity index (χ0n) is 8.39. The van der Waals surface area contributed by atoms with Crippen LogP contribution in [0, 0.1) is 5.41 Å². The highest BCUT2D eigenvalue weighted by Gasteiger charge is 2.15. The molecular weight excluding hydrogens is 224 g/mol. The van der Waals surface area contributed by atoms with E-state index in [0.29, 0.717) is 0 Å². The number of rotatable bonds is 1. The van der Waals surface area contributed by atoms with Crippen molar-refractivity contribution in [1.82, 2.24) is 0 Å². The van der Waals surface area contributed by atoms with Crippen LogP contribution in [-0.4, -0.2) is 0 Å². The molecule has 0 aliphatic carbocycles. The van der Waals surface area contributed by atoms with Crippen molar-refractivity contribution in [3.63, 3.8) is 0 Å². The van der Waals surface area contributed by atoms with Gasteiger partial charge in [0, 0.05) is 4.47 Å². The molecule has 1 heteroatoms. The van der Waals surface area contributed by atoms with Crippen LogP contribution in [0.5, 0.6) is 0 Å². The predicted molar refractivity (Wildman–Crippen MR) is 62.6 cm³/mol. The molecule has 1 aromatic rings. The van der Waals surface area contributed by atoms with Gasteiger partial charge in [-0.05, 0) is 28.7 Å². The Kier molecular flexibility index (Phi) is 2.97. The molecular formula is C12H15Br. The molecule has 0 aliphatic rings. The van der Waals surface area contributed by atoms with E-state index in [-0.39, 0.29) is 5.41 Å². The molecule has 1 rings (SSSR count). The standard InChI is InChI=1S/C12H15Br/c1-9(12(2,3)4)10-5-7-11(13)8-6-10/h5-8H,1H2,2-4H3. The third-order valence-corrected chi connectivity index (χ3v) is 2.63. The molecule has 1 aromatic carbocycles. The van der Waals surface area contributed by atoms with Gasteiger partial charge in [-0.3, -0.25) is 0 Å². The first-order valence-electron chi connectivity index (χ1n) is 4.36. The Morgan fingerprint density at radius 2 is 1.62 bits per heavy atom. The number of halogens is 1. The fourth-order valence-electron chi connectivity index (χ4n) is 1.08. The normalized spacial score (nSPS) is 11.4. The van der Waals surface area contributed by atoms with Gasteiger partial charge in [-0.1, -0.05) is 55.4 Å². The van der Waals surface area contributed by atoms with Crippen LogP contribution < -0.4 is 0 Å². The number of hydrogen-bond acceptors (Lipinski definition) is 0. The summed E-state index contributed by atoms with van der Waals surface area (Å²) in [4.78, 5) is 0. The van der Waals surface area contributed by atoms with Crippen LogP contribution in [0.3, 0.4) is 0 Å². The largest absolute Gasteiger partial charge is 0.0947 e. The summed E-state index contributed by atoms with van der Waals surface area (Å²) in [7, 11) is 0. The van der Waals surface area contributed by atoms with E-state index in [1.54, 1.807) is 0 Å². The average Bonchev–Trinajstić information content (AvgIpc) is 2.03. The molecule has 0 atom stereocenters. The molecule has 0 aromatic heterocycles. The number of benzene rings is 1. The minimum Gasteiger partial charge on any atom is -0.0947 e. The Bertz CT molecular complexity index is 301. The molecule has 0 nitrogen and oxygen atoms in total. The van der Waals surface area contributed by atoms with Crippen LogP contribution in [0.15, 0.2) is 35.3 Å². The minimum atomic E-state index is 0.147. The van der Waals surface area contributed by atoms with Gasteiger partial charge >= 0.3 is 0 Å². The second-order valence-electron chi connectivity index (χ2n) is 4.24. The SMILES string of the molecule is C=C(c1ccc(Br)cc1)C(C)(C)C. The first kappa shape index (κ1) is 10.5. The third-order valence-electron chi connectivity index (χ3n) is 2.10. The second kappa shape index (κ2) is 3.67. The maximum atomic E-state index is 4.11. The van der Waals surface area contributed by atoms with Gasteiger partial charge in [0.05, 0.1) is 0 Å². The molecule has 0 bridgehead atoms. The average molecular weight is 239 g/mol. The summed E-state index contributed by atoms with van der Waals surface area (Å²) in [5, 5.41) is 0. The Hall–Kier alpha value is -0.560. The molecule has 0 aliphatic heterocycles. The van der Waals surface area contributed by atoms with Gasteiger partial charge < -0.3 is 0 Å². The van der Waals surface area contributed by atoms with E-state index in [1.807, 2.05) is 12.1 Å². The summed E-state index contributed by atoms with van der Waals surface area (Å²) in [6.45, 7) is 10.6. The lowest BCUT2D eigenvalue weighted by atomic mass is 9.83. The Morgan fingerprint density at radius 3 is 2.00 bits per heavy atom. The minimum absolute atomic E-state index is 0.147. The fourth-order valence-corrected chi connectivity index (χ4v) is 1.35. The summed E-state index contributed by atoms with van der Waals surface area (Å²) >= 11 is 3.42. The van der Waals surface area contributed by atoms with Gasteiger partial charge in [-0.2, -0.15) is 0 Å². The highest BCUT2D eigenvalue weighted by molar-refractivity contribution is 9.10. The molecule has 0 N–H and O–H groups in total. The molecule has 0 amide bonds. The van der Waals surface area contributed by atoms with Crippen LogP contribution >= 0.6 is 15.9 Å². The van der Waals surface area contributed by atoms with Crippen molar-refractivity contribution in [2.24, 2.45) is 5.41 Å². The highest BCUT2D eigenvalue weighted by atomic mass is 79.9. The van der Waals surface area contributed by atoms with E-state index in [0.717, 1.165) is 4.47 Å². The van der Waals surface area contributed by atoms with Crippen LogP contribution in [0.4, 0.5) is 0 Å². The molecule has 0 spiro atoms. The zero-order chi connectivity index (χ0) is 10.1. The smallest absolute Gasteiger partial charge is 0.0175 e. The lowest BCUT2D eigenvalue weighted by molar-refractivity contribution is 0.568. The monoisotopic (exact) mass is 238 g/mol. The van der Waals surface area contributed by atoms with Crippen LogP contribution in [0.1, 0.15) is 26.3 Å². The van der Waals surface area contributed by atoms with E-state index in [2.05, 4.69) is 55.4 Å². The van der Waals surface area contributed by atoms with E-state index in [1.165, 1.54) is 11.1 Å². The topological polar surface area (TPSA) is 0 Å². The third kappa shape index (κ3) is 2.70. The first-order valence-corrected chi connectivity index (χ1v) is 5.16. The van der Waals surface area contributed by atoms with Crippen molar-refractivity contribution in [2.75, 3.05) is 0 Å². The summed E-state index contributed by atoms with van der Waals surface area (Å²) in [5.74, 6) is 0. The van der Waals surface area contributed by atoms with E-state index in [9.17, 15) is 0 Å². The van der Waals surface area contributed by atoms with Crippen molar-refractivity contribution in [3.05, 3.63) is 40.9 Å². The first-order chi connectivity index (χ1) is 5.91. The van der Waals surface area contributed by atoms with Crippen LogP contribution in [-0.2, 0) is 0 Å². The maximum absolute atomic E-state index is 4.11. The van der Waals surface area contributed by atoms with Crippen molar-refractivity contribution < 1.29 is 0 Å². The van der Waals surface area contributed by atoms with E-state index < -0.39 is 0 Å². The van der Waals surface area contributed by atoms with Crippen molar-refractivity contribution in [3.8, 4) is 0 Å². The van der Waals surface area contributed by atoms with Crippen molar-refractivity contribution >= 4 is 21.5 Å². The summed E-state index contributed by atoms with van der Waals surface area (Å²) < 4.78 is 1.11. The molecule has 0 saturated heterocycles. The zero-order valence-corrected chi connectivity index (χ0v) is 9.98. The van der Waals surface area contributed by atoms with E-state index in [4.69, 9.17) is 0 Å². The molecule has 0 radical (unpaired) electrons. The van der Waals surface area contributed by atoms with Crippen molar-refractivity contribution in [1.29, 1.82) is 0 Å². The molecule has 13 heavy (non-hydrogen) atoms. The molecule has 0 unspecified atom stereocenters. The predicted octanol–water partition coefficient (Wildman–Crippen LogP) is 4.51. The second-order valence-corrected chi connectivity index (χ2v) is 5.15. The summed E-state index contributed by atoms with van der Waals surface area (Å²) in [6.07, 6.45) is 0. The Morgan fingerprint density at radius 1 is 1.15 bits per heavy atom. The van der Waals surface area contributed by atoms with Gasteiger partial charge in [0.15, 0.2) is 0 Å². The molecule has 70 valence electrons. The number of hydrogen-bond donors (Lipinski definition) is 0. The Labute approximate surface area is 88.8 Å². The van der Waals surface area contributed by atoms with E-state index >= 15 is 0 Å². The summed E-state index contributed by atoms with van der Waals surface area (Å²) in [5.41, 5.74) is 2.55.